The first kappa shape index (κ1) is 23.1. The van der Waals surface area contributed by atoms with E-state index in [4.69, 9.17) is 0 Å². The maximum atomic E-state index is 12.2. The molecule has 0 saturated carbocycles. The number of rotatable bonds is 7. The maximum absolute atomic E-state index is 12.2. The van der Waals surface area contributed by atoms with Gasteiger partial charge in [0.2, 0.25) is 5.91 Å². The summed E-state index contributed by atoms with van der Waals surface area (Å²) in [5, 5.41) is 3.83. The number of nitrogens with one attached hydrogen (secondary N) is 1. The monoisotopic (exact) mass is 475 g/mol. The van der Waals surface area contributed by atoms with Crippen LogP contribution in [0.25, 0.3) is 0 Å². The lowest BCUT2D eigenvalue weighted by Crippen LogP contribution is -2.22. The Morgan fingerprint density at radius 3 is 2.42 bits per heavy atom. The third-order valence-corrected chi connectivity index (χ3v) is 4.51. The molecule has 0 fully saturated rings. The standard InChI is InChI=1S/C17H21N3OS.2BrH/c1-3-13(4-2)16(21)20-15-9-7-11-19-17(15)22-12-14-8-5-6-10-18-14;;/h5-11,13H,3-4,12H2,1-2H3,(H,20,21);2*1H. The van der Waals surface area contributed by atoms with Crippen molar-refractivity contribution in [3.05, 3.63) is 48.4 Å². The van der Waals surface area contributed by atoms with E-state index in [0.717, 1.165) is 35.0 Å². The van der Waals surface area contributed by atoms with Gasteiger partial charge in [-0.15, -0.1) is 34.0 Å². The van der Waals surface area contributed by atoms with Gasteiger partial charge in [0.1, 0.15) is 5.03 Å². The van der Waals surface area contributed by atoms with Crippen LogP contribution in [0.15, 0.2) is 47.8 Å². The zero-order valence-electron chi connectivity index (χ0n) is 13.8. The fourth-order valence-corrected chi connectivity index (χ4v) is 2.99. The highest BCUT2D eigenvalue weighted by Crippen LogP contribution is 2.27. The molecule has 0 aliphatic carbocycles. The van der Waals surface area contributed by atoms with Gasteiger partial charge in [-0.25, -0.2) is 4.98 Å². The first-order valence-electron chi connectivity index (χ1n) is 7.53. The second kappa shape index (κ2) is 12.4. The topological polar surface area (TPSA) is 54.9 Å². The first-order valence-corrected chi connectivity index (χ1v) is 8.51. The van der Waals surface area contributed by atoms with E-state index in [1.165, 1.54) is 0 Å². The molecule has 2 rings (SSSR count). The summed E-state index contributed by atoms with van der Waals surface area (Å²) >= 11 is 1.58. The van der Waals surface area contributed by atoms with E-state index in [9.17, 15) is 4.79 Å². The van der Waals surface area contributed by atoms with E-state index in [1.807, 2.05) is 44.2 Å². The zero-order valence-corrected chi connectivity index (χ0v) is 18.0. The first-order chi connectivity index (χ1) is 10.7. The lowest BCUT2D eigenvalue weighted by Gasteiger charge is -2.14. The van der Waals surface area contributed by atoms with Gasteiger partial charge in [-0.3, -0.25) is 9.78 Å². The largest absolute Gasteiger partial charge is 0.324 e. The highest BCUT2D eigenvalue weighted by Gasteiger charge is 2.16. The molecule has 0 spiro atoms. The van der Waals surface area contributed by atoms with Gasteiger partial charge in [0, 0.05) is 24.1 Å². The summed E-state index contributed by atoms with van der Waals surface area (Å²) in [6.45, 7) is 4.07. The number of amides is 1. The third kappa shape index (κ3) is 6.91. The van der Waals surface area contributed by atoms with Crippen LogP contribution in [0.2, 0.25) is 0 Å². The summed E-state index contributed by atoms with van der Waals surface area (Å²) in [5.41, 5.74) is 1.77. The second-order valence-corrected chi connectivity index (χ2v) is 5.93. The summed E-state index contributed by atoms with van der Waals surface area (Å²) in [6.07, 6.45) is 5.22. The second-order valence-electron chi connectivity index (χ2n) is 4.97. The average Bonchev–Trinajstić information content (AvgIpc) is 2.56. The van der Waals surface area contributed by atoms with Gasteiger partial charge < -0.3 is 5.32 Å². The minimum atomic E-state index is 0. The smallest absolute Gasteiger partial charge is 0.227 e. The molecule has 0 aromatic carbocycles. The molecule has 0 atom stereocenters. The van der Waals surface area contributed by atoms with Gasteiger partial charge in [-0.2, -0.15) is 0 Å². The highest BCUT2D eigenvalue weighted by molar-refractivity contribution is 8.93. The fraction of sp³-hybridized carbons (Fsp3) is 0.353. The number of pyridine rings is 2. The Morgan fingerprint density at radius 2 is 1.79 bits per heavy atom. The molecule has 2 aromatic rings. The lowest BCUT2D eigenvalue weighted by molar-refractivity contribution is -0.120. The molecule has 2 aromatic heterocycles. The van der Waals surface area contributed by atoms with E-state index in [0.29, 0.717) is 0 Å². The Bertz CT molecular complexity index is 610. The van der Waals surface area contributed by atoms with Crippen molar-refractivity contribution in [2.24, 2.45) is 5.92 Å². The summed E-state index contributed by atoms with van der Waals surface area (Å²) < 4.78 is 0. The number of hydrogen-bond donors (Lipinski definition) is 1. The van der Waals surface area contributed by atoms with Gasteiger partial charge in [0.25, 0.3) is 0 Å². The van der Waals surface area contributed by atoms with Crippen molar-refractivity contribution in [1.82, 2.24) is 9.97 Å². The van der Waals surface area contributed by atoms with Crippen molar-refractivity contribution in [1.29, 1.82) is 0 Å². The van der Waals surface area contributed by atoms with Gasteiger partial charge in [0.15, 0.2) is 0 Å². The molecule has 4 nitrogen and oxygen atoms in total. The van der Waals surface area contributed by atoms with Gasteiger partial charge >= 0.3 is 0 Å². The van der Waals surface area contributed by atoms with Gasteiger partial charge in [-0.1, -0.05) is 31.7 Å². The van der Waals surface area contributed by atoms with Crippen molar-refractivity contribution in [3.8, 4) is 0 Å². The van der Waals surface area contributed by atoms with Crippen LogP contribution in [-0.4, -0.2) is 15.9 Å². The Hall–Kier alpha value is -0.920. The molecule has 0 bridgehead atoms. The molecule has 2 heterocycles. The zero-order chi connectivity index (χ0) is 15.8. The molecular weight excluding hydrogens is 454 g/mol. The van der Waals surface area contributed by atoms with Crippen molar-refractivity contribution >= 4 is 57.3 Å². The lowest BCUT2D eigenvalue weighted by atomic mass is 10.0. The van der Waals surface area contributed by atoms with E-state index in [-0.39, 0.29) is 45.8 Å². The molecule has 0 aliphatic rings. The Kier molecular flexibility index (Phi) is 12.0. The summed E-state index contributed by atoms with van der Waals surface area (Å²) in [7, 11) is 0. The van der Waals surface area contributed by atoms with E-state index in [1.54, 1.807) is 24.2 Å². The molecule has 0 radical (unpaired) electrons. The van der Waals surface area contributed by atoms with Gasteiger partial charge in [-0.05, 0) is 37.1 Å². The number of hydrogen-bond acceptors (Lipinski definition) is 4. The Morgan fingerprint density at radius 1 is 1.08 bits per heavy atom. The van der Waals surface area contributed by atoms with E-state index < -0.39 is 0 Å². The number of aromatic nitrogens is 2. The van der Waals surface area contributed by atoms with Crippen LogP contribution < -0.4 is 5.32 Å². The number of nitrogens with zero attached hydrogens (tertiary/aromatic N) is 2. The third-order valence-electron chi connectivity index (χ3n) is 3.47. The molecule has 1 amide bonds. The summed E-state index contributed by atoms with van der Waals surface area (Å²) in [6, 6.07) is 9.59. The van der Waals surface area contributed by atoms with Crippen LogP contribution in [0.5, 0.6) is 0 Å². The maximum Gasteiger partial charge on any atom is 0.227 e. The van der Waals surface area contributed by atoms with Crippen LogP contribution in [0, 0.1) is 5.92 Å². The predicted molar refractivity (Wildman–Crippen MR) is 111 cm³/mol. The van der Waals surface area contributed by atoms with Crippen LogP contribution in [0.1, 0.15) is 32.4 Å². The fourth-order valence-electron chi connectivity index (χ4n) is 2.12. The van der Waals surface area contributed by atoms with Gasteiger partial charge in [0.05, 0.1) is 11.4 Å². The van der Waals surface area contributed by atoms with Crippen molar-refractivity contribution in [2.75, 3.05) is 5.32 Å². The van der Waals surface area contributed by atoms with Crippen molar-refractivity contribution in [3.63, 3.8) is 0 Å². The Balaban J connectivity index is 0.00000264. The van der Waals surface area contributed by atoms with Crippen molar-refractivity contribution in [2.45, 2.75) is 37.5 Å². The van der Waals surface area contributed by atoms with Crippen LogP contribution in [0.4, 0.5) is 5.69 Å². The molecule has 0 saturated heterocycles. The Labute approximate surface area is 168 Å². The molecular formula is C17H23Br2N3OS. The number of anilines is 1. The predicted octanol–water partition coefficient (Wildman–Crippen LogP) is 5.30. The highest BCUT2D eigenvalue weighted by atomic mass is 79.9. The van der Waals surface area contributed by atoms with E-state index in [2.05, 4.69) is 15.3 Å². The summed E-state index contributed by atoms with van der Waals surface area (Å²) in [4.78, 5) is 20.9. The van der Waals surface area contributed by atoms with Crippen LogP contribution >= 0.6 is 45.7 Å². The number of carbonyl (C=O) groups excluding carboxylic acids is 1. The molecule has 132 valence electrons. The SMILES string of the molecule is Br.Br.CCC(CC)C(=O)Nc1cccnc1SCc1ccccn1. The van der Waals surface area contributed by atoms with Crippen LogP contribution in [-0.2, 0) is 10.5 Å². The molecule has 7 heteroatoms. The minimum Gasteiger partial charge on any atom is -0.324 e. The van der Waals surface area contributed by atoms with Crippen LogP contribution in [0.3, 0.4) is 0 Å². The summed E-state index contributed by atoms with van der Waals surface area (Å²) in [5.74, 6) is 0.845. The molecule has 1 N–H and O–H groups in total. The minimum absolute atomic E-state index is 0. The van der Waals surface area contributed by atoms with E-state index >= 15 is 0 Å². The normalized spacial score (nSPS) is 9.79. The molecule has 0 unspecified atom stereocenters. The average molecular weight is 477 g/mol. The van der Waals surface area contributed by atoms with Crippen molar-refractivity contribution < 1.29 is 4.79 Å². The number of halogens is 2. The number of carbonyl (C=O) groups is 1. The molecule has 24 heavy (non-hydrogen) atoms. The quantitative estimate of drug-likeness (QED) is 0.551. The number of thioether (sulfide) groups is 1. The molecule has 0 aliphatic heterocycles.